The monoisotopic (exact) mass is 349 g/mol. The van der Waals surface area contributed by atoms with Crippen LogP contribution in [0.25, 0.3) is 10.8 Å². The first-order valence-electron chi connectivity index (χ1n) is 7.30. The Bertz CT molecular complexity index is 928. The van der Waals surface area contributed by atoms with E-state index in [1.54, 1.807) is 18.2 Å². The molecule has 2 amide bonds. The summed E-state index contributed by atoms with van der Waals surface area (Å²) >= 11 is 0. The van der Waals surface area contributed by atoms with Crippen molar-refractivity contribution in [3.05, 3.63) is 41.5 Å². The zero-order valence-corrected chi connectivity index (χ0v) is 13.9. The third kappa shape index (κ3) is 2.74. The molecule has 1 aliphatic heterocycles. The molecule has 0 atom stereocenters. The molecule has 0 aromatic heterocycles. The number of amides is 2. The lowest BCUT2D eigenvalue weighted by Gasteiger charge is -2.25. The Balaban J connectivity index is 2.19. The van der Waals surface area contributed by atoms with Crippen LogP contribution < -0.4 is 4.74 Å². The zero-order valence-electron chi connectivity index (χ0n) is 13.1. The summed E-state index contributed by atoms with van der Waals surface area (Å²) in [5, 5.41) is 1.34. The third-order valence-corrected chi connectivity index (χ3v) is 3.92. The summed E-state index contributed by atoms with van der Waals surface area (Å²) in [4.78, 5) is 25.0. The number of rotatable bonds is 5. The van der Waals surface area contributed by atoms with Crippen LogP contribution in [-0.4, -0.2) is 38.2 Å². The highest BCUT2D eigenvalue weighted by atomic mass is 32.2. The van der Waals surface area contributed by atoms with Crippen LogP contribution in [0.3, 0.4) is 0 Å². The Morgan fingerprint density at radius 1 is 1.04 bits per heavy atom. The van der Waals surface area contributed by atoms with Crippen LogP contribution in [0.5, 0.6) is 5.75 Å². The topological polar surface area (TPSA) is 90.0 Å². The smallest absolute Gasteiger partial charge is 0.286 e. The fourth-order valence-corrected chi connectivity index (χ4v) is 2.99. The van der Waals surface area contributed by atoms with E-state index in [-0.39, 0.29) is 16.2 Å². The average Bonchev–Trinajstić information content (AvgIpc) is 2.54. The van der Waals surface area contributed by atoms with Crippen molar-refractivity contribution in [3.63, 3.8) is 0 Å². The molecule has 0 radical (unpaired) electrons. The number of ether oxygens (including phenoxy) is 1. The summed E-state index contributed by atoms with van der Waals surface area (Å²) in [6, 6.07) is 8.05. The fraction of sp³-hybridized carbons (Fsp3) is 0.250. The first kappa shape index (κ1) is 16.4. The maximum Gasteiger partial charge on any atom is 0.286 e. The lowest BCUT2D eigenvalue weighted by molar-refractivity contribution is -0.0149. The first-order chi connectivity index (χ1) is 11.3. The van der Waals surface area contributed by atoms with E-state index in [0.29, 0.717) is 23.1 Å². The molecule has 2 aromatic rings. The van der Waals surface area contributed by atoms with Gasteiger partial charge in [-0.1, -0.05) is 19.1 Å². The minimum absolute atomic E-state index is 0.188. The number of nitrogens with zero attached hydrogens (tertiary/aromatic N) is 1. The zero-order chi connectivity index (χ0) is 17.5. The summed E-state index contributed by atoms with van der Waals surface area (Å²) in [6.07, 6.45) is 1.59. The molecule has 0 saturated heterocycles. The van der Waals surface area contributed by atoms with Crippen molar-refractivity contribution >= 4 is 32.7 Å². The molecule has 0 spiro atoms. The molecule has 1 heterocycles. The van der Waals surface area contributed by atoms with E-state index in [1.807, 2.05) is 6.92 Å². The van der Waals surface area contributed by atoms with E-state index in [0.717, 1.165) is 12.7 Å². The normalized spacial score (nSPS) is 14.3. The predicted octanol–water partition coefficient (Wildman–Crippen LogP) is 2.12. The highest BCUT2D eigenvalue weighted by Gasteiger charge is 2.36. The first-order valence-corrected chi connectivity index (χ1v) is 9.12. The number of carbonyl (C=O) groups excluding carboxylic acids is 2. The quantitative estimate of drug-likeness (QED) is 0.768. The largest absolute Gasteiger partial charge is 0.493 e. The second-order valence-corrected chi connectivity index (χ2v) is 6.93. The molecular weight excluding hydrogens is 334 g/mol. The predicted molar refractivity (Wildman–Crippen MR) is 86.2 cm³/mol. The number of hydrogen-bond donors (Lipinski definition) is 0. The van der Waals surface area contributed by atoms with Crippen LogP contribution in [0.2, 0.25) is 0 Å². The second-order valence-electron chi connectivity index (χ2n) is 5.37. The molecule has 0 N–H and O–H groups in total. The molecule has 2 aromatic carbocycles. The van der Waals surface area contributed by atoms with Crippen LogP contribution in [0, 0.1) is 0 Å². The summed E-state index contributed by atoms with van der Waals surface area (Å²) in [5.41, 5.74) is 0.375. The van der Waals surface area contributed by atoms with Gasteiger partial charge in [0.1, 0.15) is 5.75 Å². The summed E-state index contributed by atoms with van der Waals surface area (Å²) in [5.74, 6) is -1.08. The Kier molecular flexibility index (Phi) is 4.02. The van der Waals surface area contributed by atoms with Crippen LogP contribution in [0.4, 0.5) is 0 Å². The molecule has 8 heteroatoms. The maximum absolute atomic E-state index is 12.5. The Labute approximate surface area is 138 Å². The molecule has 3 rings (SSSR count). The van der Waals surface area contributed by atoms with Crippen molar-refractivity contribution in [1.29, 1.82) is 0 Å². The van der Waals surface area contributed by atoms with E-state index in [1.165, 1.54) is 12.1 Å². The van der Waals surface area contributed by atoms with Gasteiger partial charge in [0.2, 0.25) is 0 Å². The molecule has 7 nitrogen and oxygen atoms in total. The van der Waals surface area contributed by atoms with Gasteiger partial charge >= 0.3 is 0 Å². The highest BCUT2D eigenvalue weighted by molar-refractivity contribution is 7.85. The van der Waals surface area contributed by atoms with E-state index < -0.39 is 21.9 Å². The Hall–Kier alpha value is -2.45. The number of hydrogen-bond acceptors (Lipinski definition) is 6. The van der Waals surface area contributed by atoms with Crippen LogP contribution in [0.1, 0.15) is 34.1 Å². The van der Waals surface area contributed by atoms with Crippen molar-refractivity contribution in [2.75, 3.05) is 12.9 Å². The molecule has 0 bridgehead atoms. The molecule has 0 unspecified atom stereocenters. The molecule has 0 aliphatic carbocycles. The molecule has 0 fully saturated rings. The van der Waals surface area contributed by atoms with Crippen LogP contribution in [-0.2, 0) is 14.4 Å². The van der Waals surface area contributed by atoms with Crippen molar-refractivity contribution < 1.29 is 27.0 Å². The summed E-state index contributed by atoms with van der Waals surface area (Å²) in [7, 11) is -4.02. The maximum atomic E-state index is 12.5. The van der Waals surface area contributed by atoms with Gasteiger partial charge in [-0.05, 0) is 24.6 Å². The van der Waals surface area contributed by atoms with Gasteiger partial charge in [-0.25, -0.2) is 0 Å². The van der Waals surface area contributed by atoms with E-state index >= 15 is 0 Å². The van der Waals surface area contributed by atoms with E-state index in [4.69, 9.17) is 4.74 Å². The number of imide groups is 1. The van der Waals surface area contributed by atoms with Gasteiger partial charge in [-0.2, -0.15) is 8.42 Å². The summed E-state index contributed by atoms with van der Waals surface area (Å²) in [6.45, 7) is 2.47. The Morgan fingerprint density at radius 2 is 1.71 bits per heavy atom. The lowest BCUT2D eigenvalue weighted by Crippen LogP contribution is -2.41. The molecule has 0 saturated carbocycles. The molecular formula is C16H15NO6S. The van der Waals surface area contributed by atoms with Gasteiger partial charge in [-0.15, -0.1) is 9.35 Å². The van der Waals surface area contributed by atoms with Crippen LogP contribution >= 0.6 is 0 Å². The van der Waals surface area contributed by atoms with E-state index in [2.05, 4.69) is 4.28 Å². The van der Waals surface area contributed by atoms with Gasteiger partial charge in [0, 0.05) is 10.8 Å². The van der Waals surface area contributed by atoms with E-state index in [9.17, 15) is 18.0 Å². The van der Waals surface area contributed by atoms with Crippen molar-refractivity contribution in [2.24, 2.45) is 0 Å². The molecule has 126 valence electrons. The molecule has 24 heavy (non-hydrogen) atoms. The standard InChI is InChI=1S/C16H15NO6S/c1-3-9-22-13-8-7-12-14-10(13)5-4-6-11(14)15(18)17(16(12)19)23-24(2,20)21/h4-8H,3,9H2,1-2H3. The van der Waals surface area contributed by atoms with Gasteiger partial charge in [-0.3, -0.25) is 9.59 Å². The fourth-order valence-electron chi connectivity index (χ4n) is 2.59. The van der Waals surface area contributed by atoms with Crippen molar-refractivity contribution in [1.82, 2.24) is 5.06 Å². The third-order valence-electron chi connectivity index (χ3n) is 3.50. The van der Waals surface area contributed by atoms with Gasteiger partial charge in [0.05, 0.1) is 24.0 Å². The van der Waals surface area contributed by atoms with Crippen LogP contribution in [0.15, 0.2) is 30.3 Å². The number of hydroxylamine groups is 2. The minimum atomic E-state index is -4.02. The Morgan fingerprint density at radius 3 is 2.33 bits per heavy atom. The van der Waals surface area contributed by atoms with Crippen molar-refractivity contribution in [3.8, 4) is 5.75 Å². The second kappa shape index (κ2) is 5.88. The average molecular weight is 349 g/mol. The van der Waals surface area contributed by atoms with Gasteiger partial charge in [0.15, 0.2) is 0 Å². The number of carbonyl (C=O) groups is 2. The van der Waals surface area contributed by atoms with Gasteiger partial charge < -0.3 is 4.74 Å². The molecule has 1 aliphatic rings. The summed E-state index contributed by atoms with van der Waals surface area (Å²) < 4.78 is 32.9. The minimum Gasteiger partial charge on any atom is -0.493 e. The lowest BCUT2D eigenvalue weighted by atomic mass is 9.94. The van der Waals surface area contributed by atoms with Gasteiger partial charge in [0.25, 0.3) is 21.9 Å². The number of benzene rings is 2. The van der Waals surface area contributed by atoms with Crippen molar-refractivity contribution in [2.45, 2.75) is 13.3 Å². The highest BCUT2D eigenvalue weighted by Crippen LogP contribution is 2.35. The SMILES string of the molecule is CCCOc1ccc2c3c(cccc13)C(=O)N(OS(C)(=O)=O)C2=O.